The number of nitrogens with zero attached hydrogens (tertiary/aromatic N) is 1. The Balaban J connectivity index is 2.14. The molecule has 1 saturated heterocycles. The van der Waals surface area contributed by atoms with Crippen molar-refractivity contribution in [2.45, 2.75) is 12.2 Å². The van der Waals surface area contributed by atoms with Gasteiger partial charge >= 0.3 is 0 Å². The molecule has 1 aromatic rings. The van der Waals surface area contributed by atoms with E-state index in [1.54, 1.807) is 12.3 Å². The molecule has 2 nitrogen and oxygen atoms in total. The fourth-order valence-corrected chi connectivity index (χ4v) is 1.09. The molecule has 0 bridgehead atoms. The average molecular weight is 147 g/mol. The number of hydrogen-bond acceptors (Lipinski definition) is 2. The van der Waals surface area contributed by atoms with Crippen molar-refractivity contribution in [2.24, 2.45) is 0 Å². The molecular weight excluding hydrogens is 138 g/mol. The molecule has 56 valence electrons. The van der Waals surface area contributed by atoms with Gasteiger partial charge in [-0.15, -0.1) is 6.58 Å². The van der Waals surface area contributed by atoms with E-state index < -0.39 is 0 Å². The predicted molar refractivity (Wildman–Crippen MR) is 42.0 cm³/mol. The van der Waals surface area contributed by atoms with Crippen LogP contribution in [0.5, 0.6) is 0 Å². The third-order valence-corrected chi connectivity index (χ3v) is 1.74. The highest BCUT2D eigenvalue weighted by Crippen LogP contribution is 2.37. The fourth-order valence-electron chi connectivity index (χ4n) is 1.09. The van der Waals surface area contributed by atoms with Crippen LogP contribution in [-0.4, -0.2) is 11.1 Å². The molecule has 0 spiro atoms. The molecule has 2 rings (SSSR count). The summed E-state index contributed by atoms with van der Waals surface area (Å²) in [7, 11) is 0. The molecule has 2 atom stereocenters. The summed E-state index contributed by atoms with van der Waals surface area (Å²) in [5, 5.41) is 0. The van der Waals surface area contributed by atoms with Crippen LogP contribution in [0.3, 0.4) is 0 Å². The first-order valence-corrected chi connectivity index (χ1v) is 3.61. The third kappa shape index (κ3) is 1.17. The van der Waals surface area contributed by atoms with Crippen LogP contribution in [0.15, 0.2) is 37.1 Å². The molecule has 11 heavy (non-hydrogen) atoms. The highest BCUT2D eigenvalue weighted by molar-refractivity contribution is 5.16. The summed E-state index contributed by atoms with van der Waals surface area (Å²) in [5.41, 5.74) is 0.998. The minimum atomic E-state index is 0.161. The average Bonchev–Trinajstić information content (AvgIpc) is 2.85. The molecule has 1 aliphatic rings. The molecule has 1 aliphatic heterocycles. The van der Waals surface area contributed by atoms with Crippen molar-refractivity contribution in [3.05, 3.63) is 42.7 Å². The summed E-state index contributed by atoms with van der Waals surface area (Å²) in [6, 6.07) is 5.83. The first kappa shape index (κ1) is 6.55. The second-order valence-corrected chi connectivity index (χ2v) is 2.51. The molecule has 0 aromatic carbocycles. The summed E-state index contributed by atoms with van der Waals surface area (Å²) < 4.78 is 5.27. The summed E-state index contributed by atoms with van der Waals surface area (Å²) >= 11 is 0. The minimum absolute atomic E-state index is 0.161. The SMILES string of the molecule is C=C[C@@H]1O[C@H]1c1ccccn1. The van der Waals surface area contributed by atoms with Crippen LogP contribution < -0.4 is 0 Å². The van der Waals surface area contributed by atoms with Gasteiger partial charge < -0.3 is 4.74 Å². The number of rotatable bonds is 2. The fraction of sp³-hybridized carbons (Fsp3) is 0.222. The van der Waals surface area contributed by atoms with E-state index >= 15 is 0 Å². The second-order valence-electron chi connectivity index (χ2n) is 2.51. The topological polar surface area (TPSA) is 25.4 Å². The Morgan fingerprint density at radius 3 is 3.00 bits per heavy atom. The van der Waals surface area contributed by atoms with Gasteiger partial charge in [0, 0.05) is 6.20 Å². The number of ether oxygens (including phenoxy) is 1. The van der Waals surface area contributed by atoms with Crippen LogP contribution in [0.2, 0.25) is 0 Å². The van der Waals surface area contributed by atoms with Crippen LogP contribution in [-0.2, 0) is 4.74 Å². The van der Waals surface area contributed by atoms with Gasteiger partial charge in [-0.3, -0.25) is 4.98 Å². The normalized spacial score (nSPS) is 28.0. The van der Waals surface area contributed by atoms with Crippen molar-refractivity contribution >= 4 is 0 Å². The van der Waals surface area contributed by atoms with Gasteiger partial charge in [0.1, 0.15) is 12.2 Å². The van der Waals surface area contributed by atoms with Crippen LogP contribution in [0, 0.1) is 0 Å². The van der Waals surface area contributed by atoms with Crippen molar-refractivity contribution < 1.29 is 4.74 Å². The second kappa shape index (κ2) is 2.47. The quantitative estimate of drug-likeness (QED) is 0.470. The van der Waals surface area contributed by atoms with Crippen LogP contribution in [0.4, 0.5) is 0 Å². The van der Waals surface area contributed by atoms with Crippen molar-refractivity contribution in [1.29, 1.82) is 0 Å². The largest absolute Gasteiger partial charge is 0.358 e. The van der Waals surface area contributed by atoms with Gasteiger partial charge in [0.15, 0.2) is 0 Å². The Labute approximate surface area is 65.5 Å². The smallest absolute Gasteiger partial charge is 0.130 e. The van der Waals surface area contributed by atoms with E-state index in [1.165, 1.54) is 0 Å². The molecule has 2 heterocycles. The molecular formula is C9H9NO. The lowest BCUT2D eigenvalue weighted by Gasteiger charge is -1.90. The molecule has 0 N–H and O–H groups in total. The number of aromatic nitrogens is 1. The highest BCUT2D eigenvalue weighted by Gasteiger charge is 2.38. The van der Waals surface area contributed by atoms with Gasteiger partial charge in [0.05, 0.1) is 5.69 Å². The van der Waals surface area contributed by atoms with Gasteiger partial charge in [-0.2, -0.15) is 0 Å². The molecule has 0 unspecified atom stereocenters. The summed E-state index contributed by atoms with van der Waals surface area (Å²) in [4.78, 5) is 4.17. The predicted octanol–water partition coefficient (Wildman–Crippen LogP) is 1.71. The lowest BCUT2D eigenvalue weighted by Crippen LogP contribution is -1.86. The Hall–Kier alpha value is -1.15. The molecule has 1 fully saturated rings. The minimum Gasteiger partial charge on any atom is -0.358 e. The number of epoxide rings is 1. The first-order valence-electron chi connectivity index (χ1n) is 3.61. The molecule has 0 saturated carbocycles. The van der Waals surface area contributed by atoms with Crippen molar-refractivity contribution in [3.8, 4) is 0 Å². The van der Waals surface area contributed by atoms with Crippen LogP contribution in [0.25, 0.3) is 0 Å². The monoisotopic (exact) mass is 147 g/mol. The maximum absolute atomic E-state index is 5.27. The Morgan fingerprint density at radius 2 is 2.45 bits per heavy atom. The summed E-state index contributed by atoms with van der Waals surface area (Å²) in [5.74, 6) is 0. The Kier molecular flexibility index (Phi) is 1.47. The van der Waals surface area contributed by atoms with Gasteiger partial charge in [-0.05, 0) is 12.1 Å². The maximum atomic E-state index is 5.27. The molecule has 0 aliphatic carbocycles. The van der Waals surface area contributed by atoms with E-state index in [0.29, 0.717) is 0 Å². The lowest BCUT2D eigenvalue weighted by molar-refractivity contribution is 0.391. The zero-order valence-corrected chi connectivity index (χ0v) is 6.10. The molecule has 0 radical (unpaired) electrons. The first-order chi connectivity index (χ1) is 5.42. The van der Waals surface area contributed by atoms with Gasteiger partial charge in [-0.1, -0.05) is 12.1 Å². The Morgan fingerprint density at radius 1 is 1.55 bits per heavy atom. The van der Waals surface area contributed by atoms with Crippen molar-refractivity contribution in [1.82, 2.24) is 4.98 Å². The van der Waals surface area contributed by atoms with Gasteiger partial charge in [0.25, 0.3) is 0 Å². The van der Waals surface area contributed by atoms with E-state index in [4.69, 9.17) is 4.74 Å². The lowest BCUT2D eigenvalue weighted by atomic mass is 10.2. The zero-order valence-electron chi connectivity index (χ0n) is 6.10. The van der Waals surface area contributed by atoms with Gasteiger partial charge in [-0.25, -0.2) is 0 Å². The van der Waals surface area contributed by atoms with Crippen molar-refractivity contribution in [2.75, 3.05) is 0 Å². The molecule has 0 amide bonds. The zero-order chi connectivity index (χ0) is 7.68. The molecule has 2 heteroatoms. The van der Waals surface area contributed by atoms with Crippen molar-refractivity contribution in [3.63, 3.8) is 0 Å². The number of hydrogen-bond donors (Lipinski definition) is 0. The summed E-state index contributed by atoms with van der Waals surface area (Å²) in [6.07, 6.45) is 3.93. The third-order valence-electron chi connectivity index (χ3n) is 1.74. The highest BCUT2D eigenvalue weighted by atomic mass is 16.6. The summed E-state index contributed by atoms with van der Waals surface area (Å²) in [6.45, 7) is 3.65. The maximum Gasteiger partial charge on any atom is 0.130 e. The van der Waals surface area contributed by atoms with E-state index in [2.05, 4.69) is 11.6 Å². The van der Waals surface area contributed by atoms with E-state index in [-0.39, 0.29) is 12.2 Å². The van der Waals surface area contributed by atoms with E-state index in [9.17, 15) is 0 Å². The van der Waals surface area contributed by atoms with Gasteiger partial charge in [0.2, 0.25) is 0 Å². The molecule has 1 aromatic heterocycles. The number of pyridine rings is 1. The van der Waals surface area contributed by atoms with E-state index in [0.717, 1.165) is 5.69 Å². The standard InChI is InChI=1S/C9H9NO/c1-2-8-9(11-8)7-5-3-4-6-10-7/h2-6,8-9H,1H2/t8-,9-/m0/s1. The van der Waals surface area contributed by atoms with Crippen LogP contribution in [0.1, 0.15) is 11.8 Å². The van der Waals surface area contributed by atoms with Crippen LogP contribution >= 0.6 is 0 Å². The Bertz CT molecular complexity index is 258. The van der Waals surface area contributed by atoms with E-state index in [1.807, 2.05) is 18.2 Å².